The molecule has 2 aliphatic rings. The number of hydrogen-bond acceptors (Lipinski definition) is 5. The molecule has 1 aliphatic carbocycles. The van der Waals surface area contributed by atoms with Crippen LogP contribution in [0.4, 0.5) is 0 Å². The van der Waals surface area contributed by atoms with Crippen LogP contribution in [0.15, 0.2) is 23.1 Å². The van der Waals surface area contributed by atoms with E-state index < -0.39 is 10.0 Å². The van der Waals surface area contributed by atoms with Gasteiger partial charge in [0, 0.05) is 25.7 Å². The van der Waals surface area contributed by atoms with E-state index >= 15 is 0 Å². The number of benzene rings is 1. The van der Waals surface area contributed by atoms with Crippen LogP contribution >= 0.6 is 37.2 Å². The summed E-state index contributed by atoms with van der Waals surface area (Å²) in [5.41, 5.74) is 2.42. The number of unbranched alkanes of at least 4 members (excludes halogenated alkanes) is 1. The van der Waals surface area contributed by atoms with Crippen LogP contribution in [0.3, 0.4) is 0 Å². The fourth-order valence-corrected chi connectivity index (χ4v) is 5.40. The number of rotatable bonds is 11. The lowest BCUT2D eigenvalue weighted by atomic mass is 9.95. The van der Waals surface area contributed by atoms with Gasteiger partial charge in [0.2, 0.25) is 10.0 Å². The molecule has 1 aromatic rings. The van der Waals surface area contributed by atoms with Gasteiger partial charge in [0.15, 0.2) is 0 Å². The minimum atomic E-state index is -3.42. The molecule has 0 spiro atoms. The molecule has 0 atom stereocenters. The Kier molecular flexibility index (Phi) is 17.3. The highest BCUT2D eigenvalue weighted by atomic mass is 35.5. The highest BCUT2D eigenvalue weighted by molar-refractivity contribution is 7.89. The Labute approximate surface area is 213 Å². The molecule has 3 rings (SSSR count). The van der Waals surface area contributed by atoms with Crippen molar-refractivity contribution in [3.63, 3.8) is 0 Å². The molecule has 0 radical (unpaired) electrons. The van der Waals surface area contributed by atoms with Gasteiger partial charge in [-0.25, -0.2) is 13.1 Å². The average Bonchev–Trinajstić information content (AvgIpc) is 2.98. The monoisotopic (exact) mass is 530 g/mol. The van der Waals surface area contributed by atoms with Gasteiger partial charge in [-0.05, 0) is 81.4 Å². The first-order chi connectivity index (χ1) is 14.1. The molecule has 1 aliphatic heterocycles. The summed E-state index contributed by atoms with van der Waals surface area (Å²) in [6.45, 7) is 5.29. The first kappa shape index (κ1) is 31.9. The van der Waals surface area contributed by atoms with Gasteiger partial charge in [0.1, 0.15) is 0 Å². The Balaban J connectivity index is 0.00000320. The molecule has 32 heavy (non-hydrogen) atoms. The maximum atomic E-state index is 12.6. The molecule has 10 heteroatoms. The molecular formula is C22H41Cl3N4O2S. The Morgan fingerprint density at radius 1 is 0.844 bits per heavy atom. The second-order valence-corrected chi connectivity index (χ2v) is 10.1. The largest absolute Gasteiger partial charge is 0.316 e. The summed E-state index contributed by atoms with van der Waals surface area (Å²) in [5.74, 6) is 0. The van der Waals surface area contributed by atoms with Crippen molar-refractivity contribution in [1.29, 1.82) is 0 Å². The predicted octanol–water partition coefficient (Wildman–Crippen LogP) is 3.21. The van der Waals surface area contributed by atoms with Crippen molar-refractivity contribution in [3.05, 3.63) is 29.3 Å². The molecule has 1 aromatic carbocycles. The summed E-state index contributed by atoms with van der Waals surface area (Å²) in [4.78, 5) is 0.394. The van der Waals surface area contributed by atoms with Crippen LogP contribution in [0.1, 0.15) is 56.1 Å². The summed E-state index contributed by atoms with van der Waals surface area (Å²) < 4.78 is 27.9. The minimum absolute atomic E-state index is 0. The highest BCUT2D eigenvalue weighted by Crippen LogP contribution is 2.19. The van der Waals surface area contributed by atoms with Crippen LogP contribution in [0.2, 0.25) is 0 Å². The van der Waals surface area contributed by atoms with Gasteiger partial charge < -0.3 is 16.0 Å². The first-order valence-corrected chi connectivity index (χ1v) is 12.9. The van der Waals surface area contributed by atoms with Gasteiger partial charge in [0.05, 0.1) is 4.90 Å². The predicted molar refractivity (Wildman–Crippen MR) is 141 cm³/mol. The van der Waals surface area contributed by atoms with Crippen molar-refractivity contribution in [1.82, 2.24) is 20.7 Å². The Hall–Kier alpha value is -0.120. The van der Waals surface area contributed by atoms with Crippen LogP contribution < -0.4 is 20.7 Å². The lowest BCUT2D eigenvalue weighted by Crippen LogP contribution is -2.36. The minimum Gasteiger partial charge on any atom is -0.316 e. The average molecular weight is 532 g/mol. The third-order valence-corrected chi connectivity index (χ3v) is 7.50. The number of hydrogen-bond donors (Lipinski definition) is 4. The summed E-state index contributed by atoms with van der Waals surface area (Å²) in [6.07, 6.45) is 10.4. The molecule has 1 heterocycles. The zero-order valence-electron chi connectivity index (χ0n) is 18.9. The summed E-state index contributed by atoms with van der Waals surface area (Å²) >= 11 is 0. The molecular weight excluding hydrogens is 491 g/mol. The van der Waals surface area contributed by atoms with E-state index in [9.17, 15) is 8.42 Å². The molecule has 188 valence electrons. The smallest absolute Gasteiger partial charge is 0.240 e. The van der Waals surface area contributed by atoms with Crippen molar-refractivity contribution < 1.29 is 8.42 Å². The maximum absolute atomic E-state index is 12.6. The Morgan fingerprint density at radius 2 is 1.53 bits per heavy atom. The van der Waals surface area contributed by atoms with Crippen LogP contribution in [-0.4, -0.2) is 53.7 Å². The molecule has 0 aromatic heterocycles. The SMILES string of the molecule is Cl.Cl.Cl.O=S(=O)(NCCCCNCCNC1CCCCC1)c1ccc2c(c1)CCNCC2. The number of nitrogens with one attached hydrogen (secondary N) is 4. The van der Waals surface area contributed by atoms with E-state index in [1.165, 1.54) is 37.7 Å². The molecule has 0 amide bonds. The molecule has 0 saturated heterocycles. The summed E-state index contributed by atoms with van der Waals surface area (Å²) in [5, 5.41) is 10.4. The second-order valence-electron chi connectivity index (χ2n) is 8.32. The lowest BCUT2D eigenvalue weighted by molar-refractivity contribution is 0.372. The molecule has 1 fully saturated rings. The van der Waals surface area contributed by atoms with Crippen molar-refractivity contribution in [2.45, 2.75) is 68.7 Å². The van der Waals surface area contributed by atoms with Crippen LogP contribution in [0.5, 0.6) is 0 Å². The second kappa shape index (κ2) is 17.3. The van der Waals surface area contributed by atoms with Crippen LogP contribution in [-0.2, 0) is 22.9 Å². The zero-order chi connectivity index (χ0) is 20.4. The van der Waals surface area contributed by atoms with Gasteiger partial charge >= 0.3 is 0 Å². The third-order valence-electron chi connectivity index (χ3n) is 6.04. The van der Waals surface area contributed by atoms with E-state index in [0.717, 1.165) is 64.0 Å². The molecule has 0 bridgehead atoms. The van der Waals surface area contributed by atoms with Crippen LogP contribution in [0, 0.1) is 0 Å². The van der Waals surface area contributed by atoms with Gasteiger partial charge in [-0.3, -0.25) is 0 Å². The molecule has 6 nitrogen and oxygen atoms in total. The molecule has 4 N–H and O–H groups in total. The maximum Gasteiger partial charge on any atom is 0.240 e. The van der Waals surface area contributed by atoms with Crippen molar-refractivity contribution in [3.8, 4) is 0 Å². The first-order valence-electron chi connectivity index (χ1n) is 11.4. The van der Waals surface area contributed by atoms with E-state index in [4.69, 9.17) is 0 Å². The van der Waals surface area contributed by atoms with E-state index in [1.54, 1.807) is 6.07 Å². The van der Waals surface area contributed by atoms with E-state index in [1.807, 2.05) is 12.1 Å². The van der Waals surface area contributed by atoms with Gasteiger partial charge in [-0.1, -0.05) is 25.3 Å². The molecule has 0 unspecified atom stereocenters. The van der Waals surface area contributed by atoms with E-state index in [-0.39, 0.29) is 37.2 Å². The fraction of sp³-hybridized carbons (Fsp3) is 0.727. The van der Waals surface area contributed by atoms with Crippen LogP contribution in [0.25, 0.3) is 0 Å². The summed E-state index contributed by atoms with van der Waals surface area (Å²) in [7, 11) is -3.42. The normalized spacial score (nSPS) is 16.6. The van der Waals surface area contributed by atoms with Crippen molar-refractivity contribution in [2.75, 3.05) is 39.3 Å². The highest BCUT2D eigenvalue weighted by Gasteiger charge is 2.16. The quantitative estimate of drug-likeness (QED) is 0.330. The Bertz CT molecular complexity index is 732. The van der Waals surface area contributed by atoms with Crippen molar-refractivity contribution in [2.24, 2.45) is 0 Å². The van der Waals surface area contributed by atoms with E-state index in [0.29, 0.717) is 17.5 Å². The standard InChI is InChI=1S/C22H38N4O2S.3ClH/c27-29(28,22-9-8-19-10-14-24-15-11-20(19)18-22)26-13-5-4-12-23-16-17-25-21-6-2-1-3-7-21;;;/h8-9,18,21,23-26H,1-7,10-17H2;3*1H. The fourth-order valence-electron chi connectivity index (χ4n) is 4.28. The van der Waals surface area contributed by atoms with Gasteiger partial charge in [-0.15, -0.1) is 37.2 Å². The topological polar surface area (TPSA) is 82.3 Å². The number of fused-ring (bicyclic) bond motifs is 1. The number of sulfonamides is 1. The number of halogens is 3. The van der Waals surface area contributed by atoms with E-state index in [2.05, 4.69) is 20.7 Å². The lowest BCUT2D eigenvalue weighted by Gasteiger charge is -2.22. The third kappa shape index (κ3) is 10.9. The van der Waals surface area contributed by atoms with Crippen molar-refractivity contribution >= 4 is 47.2 Å². The summed E-state index contributed by atoms with van der Waals surface area (Å²) in [6, 6.07) is 6.28. The Morgan fingerprint density at radius 3 is 2.28 bits per heavy atom. The zero-order valence-corrected chi connectivity index (χ0v) is 22.1. The van der Waals surface area contributed by atoms with Gasteiger partial charge in [-0.2, -0.15) is 0 Å². The van der Waals surface area contributed by atoms with Gasteiger partial charge in [0.25, 0.3) is 0 Å². The molecule has 1 saturated carbocycles.